The number of carbonyl (C=O) groups excluding carboxylic acids is 1. The summed E-state index contributed by atoms with van der Waals surface area (Å²) in [5, 5.41) is 3.68. The molecule has 150 valence electrons. The number of aromatic nitrogens is 2. The quantitative estimate of drug-likeness (QED) is 0.711. The summed E-state index contributed by atoms with van der Waals surface area (Å²) in [6.45, 7) is 0.972. The van der Waals surface area contributed by atoms with Crippen LogP contribution in [0.5, 0.6) is 0 Å². The van der Waals surface area contributed by atoms with E-state index < -0.39 is 11.7 Å². The molecule has 1 saturated heterocycles. The van der Waals surface area contributed by atoms with E-state index in [1.54, 1.807) is 17.2 Å². The van der Waals surface area contributed by atoms with Gasteiger partial charge in [-0.2, -0.15) is 13.2 Å². The van der Waals surface area contributed by atoms with Gasteiger partial charge in [-0.3, -0.25) is 4.79 Å². The third-order valence-electron chi connectivity index (χ3n) is 4.53. The number of nitrogens with one attached hydrogen (secondary N) is 1. The van der Waals surface area contributed by atoms with Crippen molar-refractivity contribution in [3.63, 3.8) is 0 Å². The van der Waals surface area contributed by atoms with E-state index in [9.17, 15) is 18.0 Å². The minimum atomic E-state index is -4.48. The minimum Gasteiger partial charge on any atom is -0.355 e. The Labute approximate surface area is 169 Å². The Morgan fingerprint density at radius 3 is 2.50 bits per heavy atom. The first-order valence-corrected chi connectivity index (χ1v) is 10.2. The number of anilines is 2. The number of hydrogen-bond acceptors (Lipinski definition) is 5. The number of halogens is 4. The van der Waals surface area contributed by atoms with Gasteiger partial charge in [-0.15, -0.1) is 11.8 Å². The van der Waals surface area contributed by atoms with Gasteiger partial charge >= 0.3 is 6.18 Å². The molecule has 0 spiro atoms. The summed E-state index contributed by atoms with van der Waals surface area (Å²) in [5.74, 6) is 0.0277. The van der Waals surface area contributed by atoms with Crippen LogP contribution in [0.15, 0.2) is 35.6 Å². The number of hydrogen-bond donors (Lipinski definition) is 1. The molecule has 0 bridgehead atoms. The molecule has 2 aromatic heterocycles. The molecule has 5 nitrogen and oxygen atoms in total. The molecule has 3 rings (SSSR count). The summed E-state index contributed by atoms with van der Waals surface area (Å²) in [7, 11) is 0. The van der Waals surface area contributed by atoms with E-state index in [1.807, 2.05) is 12.3 Å². The van der Waals surface area contributed by atoms with Crippen molar-refractivity contribution in [1.82, 2.24) is 9.97 Å². The third-order valence-corrected chi connectivity index (χ3v) is 5.47. The predicted molar refractivity (Wildman–Crippen MR) is 104 cm³/mol. The van der Waals surface area contributed by atoms with Gasteiger partial charge in [-0.05, 0) is 37.3 Å². The first kappa shape index (κ1) is 20.7. The van der Waals surface area contributed by atoms with Crippen LogP contribution in [0.25, 0.3) is 0 Å². The Morgan fingerprint density at radius 1 is 1.25 bits per heavy atom. The fraction of sp³-hybridized carbons (Fsp3) is 0.389. The lowest BCUT2D eigenvalue weighted by atomic mass is 9.96. The molecule has 1 amide bonds. The molecule has 10 heteroatoms. The second kappa shape index (κ2) is 8.57. The van der Waals surface area contributed by atoms with Gasteiger partial charge in [-0.25, -0.2) is 9.97 Å². The second-order valence-electron chi connectivity index (χ2n) is 6.37. The fourth-order valence-corrected chi connectivity index (χ4v) is 3.64. The van der Waals surface area contributed by atoms with Gasteiger partial charge in [0, 0.05) is 25.2 Å². The van der Waals surface area contributed by atoms with E-state index in [0.717, 1.165) is 17.3 Å². The standard InChI is InChI=1S/C18H18ClF3N4OS/c1-28-15-3-2-13(10-23-15)25-17(27)11-4-6-26(7-5-11)16-14(19)8-12(9-24-16)18(20,21)22/h2-3,8-11H,4-7H2,1H3,(H,25,27). The summed E-state index contributed by atoms with van der Waals surface area (Å²) >= 11 is 7.53. The van der Waals surface area contributed by atoms with E-state index >= 15 is 0 Å². The molecule has 0 aliphatic carbocycles. The van der Waals surface area contributed by atoms with Gasteiger partial charge in [0.05, 0.1) is 27.5 Å². The van der Waals surface area contributed by atoms with Gasteiger partial charge in [0.2, 0.25) is 5.91 Å². The maximum Gasteiger partial charge on any atom is 0.417 e. The molecular weight excluding hydrogens is 413 g/mol. The number of alkyl halides is 3. The summed E-state index contributed by atoms with van der Waals surface area (Å²) < 4.78 is 38.2. The summed E-state index contributed by atoms with van der Waals surface area (Å²) in [5.41, 5.74) is -0.241. The number of carbonyl (C=O) groups is 1. The van der Waals surface area contributed by atoms with Crippen molar-refractivity contribution < 1.29 is 18.0 Å². The molecule has 1 aliphatic rings. The highest BCUT2D eigenvalue weighted by atomic mass is 35.5. The normalized spacial score (nSPS) is 15.5. The minimum absolute atomic E-state index is 0.0438. The molecule has 1 N–H and O–H groups in total. The van der Waals surface area contributed by atoms with Gasteiger partial charge in [-0.1, -0.05) is 11.6 Å². The van der Waals surface area contributed by atoms with Crippen LogP contribution in [0, 0.1) is 5.92 Å². The number of pyridine rings is 2. The van der Waals surface area contributed by atoms with Crippen molar-refractivity contribution in [3.8, 4) is 0 Å². The largest absolute Gasteiger partial charge is 0.417 e. The first-order chi connectivity index (χ1) is 13.3. The topological polar surface area (TPSA) is 58.1 Å². The molecule has 0 unspecified atom stereocenters. The molecular formula is C18H18ClF3N4OS. The van der Waals surface area contributed by atoms with Gasteiger partial charge in [0.25, 0.3) is 0 Å². The predicted octanol–water partition coefficient (Wildman–Crippen LogP) is 4.73. The van der Waals surface area contributed by atoms with Gasteiger partial charge < -0.3 is 10.2 Å². The molecule has 1 aliphatic heterocycles. The lowest BCUT2D eigenvalue weighted by molar-refractivity contribution is -0.137. The smallest absolute Gasteiger partial charge is 0.355 e. The van der Waals surface area contributed by atoms with Crippen LogP contribution in [-0.4, -0.2) is 35.2 Å². The Balaban J connectivity index is 1.58. The first-order valence-electron chi connectivity index (χ1n) is 8.56. The van der Waals surface area contributed by atoms with Crippen LogP contribution in [0.3, 0.4) is 0 Å². The Kier molecular flexibility index (Phi) is 6.34. The van der Waals surface area contributed by atoms with Gasteiger partial charge in [0.15, 0.2) is 0 Å². The highest BCUT2D eigenvalue weighted by molar-refractivity contribution is 7.98. The van der Waals surface area contributed by atoms with E-state index in [4.69, 9.17) is 11.6 Å². The molecule has 1 fully saturated rings. The summed E-state index contributed by atoms with van der Waals surface area (Å²) in [6.07, 6.45) is 0.952. The Morgan fingerprint density at radius 2 is 1.96 bits per heavy atom. The van der Waals surface area contributed by atoms with Crippen molar-refractivity contribution in [2.75, 3.05) is 29.6 Å². The zero-order valence-corrected chi connectivity index (χ0v) is 16.5. The highest BCUT2D eigenvalue weighted by Crippen LogP contribution is 2.34. The molecule has 2 aromatic rings. The number of thioether (sulfide) groups is 1. The lowest BCUT2D eigenvalue weighted by Crippen LogP contribution is -2.38. The van der Waals surface area contributed by atoms with Crippen molar-refractivity contribution in [2.45, 2.75) is 24.0 Å². The number of amides is 1. The van der Waals surface area contributed by atoms with Crippen LogP contribution < -0.4 is 10.2 Å². The fourth-order valence-electron chi connectivity index (χ4n) is 2.99. The molecule has 0 saturated carbocycles. The van der Waals surface area contributed by atoms with Crippen molar-refractivity contribution >= 4 is 40.8 Å². The average Bonchev–Trinajstić information content (AvgIpc) is 2.68. The third kappa shape index (κ3) is 4.88. The second-order valence-corrected chi connectivity index (χ2v) is 7.60. The lowest BCUT2D eigenvalue weighted by Gasteiger charge is -2.32. The molecule has 0 radical (unpaired) electrons. The SMILES string of the molecule is CSc1ccc(NC(=O)C2CCN(c3ncc(C(F)(F)F)cc3Cl)CC2)cn1. The van der Waals surface area contributed by atoms with Gasteiger partial charge in [0.1, 0.15) is 5.82 Å². The van der Waals surface area contributed by atoms with Crippen molar-refractivity contribution in [2.24, 2.45) is 5.92 Å². The van der Waals surface area contributed by atoms with Crippen molar-refractivity contribution in [3.05, 3.63) is 41.2 Å². The maximum atomic E-state index is 12.7. The molecule has 0 atom stereocenters. The summed E-state index contributed by atoms with van der Waals surface area (Å²) in [6, 6.07) is 4.52. The Bertz CT molecular complexity index is 840. The van der Waals surface area contributed by atoms with Crippen molar-refractivity contribution in [1.29, 1.82) is 0 Å². The maximum absolute atomic E-state index is 12.7. The molecule has 3 heterocycles. The van der Waals surface area contributed by atoms with E-state index in [1.165, 1.54) is 11.8 Å². The monoisotopic (exact) mass is 430 g/mol. The highest BCUT2D eigenvalue weighted by Gasteiger charge is 2.33. The molecule has 0 aromatic carbocycles. The summed E-state index contributed by atoms with van der Waals surface area (Å²) in [4.78, 5) is 22.4. The average molecular weight is 431 g/mol. The van der Waals surface area contributed by atoms with Crippen LogP contribution in [0.2, 0.25) is 5.02 Å². The van der Waals surface area contributed by atoms with Crippen LogP contribution >= 0.6 is 23.4 Å². The molecule has 28 heavy (non-hydrogen) atoms. The number of rotatable bonds is 4. The Hall–Kier alpha value is -2.00. The zero-order chi connectivity index (χ0) is 20.3. The van der Waals surface area contributed by atoms with E-state index in [0.29, 0.717) is 37.4 Å². The van der Waals surface area contributed by atoms with Crippen LogP contribution in [0.4, 0.5) is 24.7 Å². The zero-order valence-electron chi connectivity index (χ0n) is 15.0. The van der Waals surface area contributed by atoms with Crippen LogP contribution in [0.1, 0.15) is 18.4 Å². The number of nitrogens with zero attached hydrogens (tertiary/aromatic N) is 3. The van der Waals surface area contributed by atoms with Crippen LogP contribution in [-0.2, 0) is 11.0 Å². The number of piperidine rings is 1. The van der Waals surface area contributed by atoms with E-state index in [-0.39, 0.29) is 16.8 Å². The van der Waals surface area contributed by atoms with E-state index in [2.05, 4.69) is 15.3 Å².